The lowest BCUT2D eigenvalue weighted by Crippen LogP contribution is -2.45. The van der Waals surface area contributed by atoms with Gasteiger partial charge >= 0.3 is 6.09 Å². The zero-order chi connectivity index (χ0) is 22.9. The van der Waals surface area contributed by atoms with Crippen molar-refractivity contribution in [1.29, 1.82) is 0 Å². The summed E-state index contributed by atoms with van der Waals surface area (Å²) in [5.74, 6) is -0.823. The van der Waals surface area contributed by atoms with E-state index in [1.165, 1.54) is 6.20 Å². The van der Waals surface area contributed by atoms with Gasteiger partial charge in [0, 0.05) is 49.0 Å². The molecule has 1 aliphatic heterocycles. The van der Waals surface area contributed by atoms with Crippen molar-refractivity contribution in [3.8, 4) is 11.1 Å². The highest BCUT2D eigenvalue weighted by molar-refractivity contribution is 7.90. The Morgan fingerprint density at radius 2 is 1.69 bits per heavy atom. The third kappa shape index (κ3) is 4.40. The summed E-state index contributed by atoms with van der Waals surface area (Å²) >= 11 is 0. The number of amides is 2. The normalized spacial score (nSPS) is 19.0. The second-order valence-electron chi connectivity index (χ2n) is 7.92. The van der Waals surface area contributed by atoms with E-state index in [1.54, 1.807) is 12.3 Å². The molecule has 2 amide bonds. The molecule has 1 aromatic heterocycles. The lowest BCUT2D eigenvalue weighted by molar-refractivity contribution is -0.132. The first-order valence-corrected chi connectivity index (χ1v) is 12.0. The molecule has 0 unspecified atom stereocenters. The second-order valence-corrected chi connectivity index (χ2v) is 9.94. The Balaban J connectivity index is 1.76. The van der Waals surface area contributed by atoms with Crippen LogP contribution < -0.4 is 0 Å². The summed E-state index contributed by atoms with van der Waals surface area (Å²) in [5, 5.41) is 9.51. The van der Waals surface area contributed by atoms with Gasteiger partial charge in [-0.3, -0.25) is 9.78 Å². The lowest BCUT2D eigenvalue weighted by atomic mass is 9.76. The van der Waals surface area contributed by atoms with E-state index in [2.05, 4.69) is 4.98 Å². The van der Waals surface area contributed by atoms with Crippen LogP contribution in [-0.2, 0) is 14.6 Å². The van der Waals surface area contributed by atoms with Gasteiger partial charge in [0.05, 0.1) is 4.90 Å². The van der Waals surface area contributed by atoms with Crippen molar-refractivity contribution in [2.24, 2.45) is 0 Å². The number of piperidine rings is 1. The maximum absolute atomic E-state index is 12.5. The summed E-state index contributed by atoms with van der Waals surface area (Å²) in [6, 6.07) is 18.7. The number of carbonyl (C=O) groups is 2. The Hall–Kier alpha value is -3.52. The Kier molecular flexibility index (Phi) is 5.80. The molecule has 1 aliphatic rings. The van der Waals surface area contributed by atoms with Gasteiger partial charge in [-0.15, -0.1) is 0 Å². The van der Waals surface area contributed by atoms with Crippen LogP contribution in [-0.4, -0.2) is 48.2 Å². The van der Waals surface area contributed by atoms with Gasteiger partial charge in [0.25, 0.3) is 0 Å². The largest absolute Gasteiger partial charge is 0.465 e. The maximum Gasteiger partial charge on any atom is 0.414 e. The molecule has 1 fully saturated rings. The summed E-state index contributed by atoms with van der Waals surface area (Å²) in [4.78, 5) is 29.2. The summed E-state index contributed by atoms with van der Waals surface area (Å²) in [5.41, 5.74) is 3.26. The number of sulfone groups is 1. The fraction of sp³-hybridized carbons (Fsp3) is 0.208. The number of aromatic nitrogens is 1. The third-order valence-corrected chi connectivity index (χ3v) is 6.89. The minimum atomic E-state index is -3.40. The highest BCUT2D eigenvalue weighted by atomic mass is 32.2. The highest BCUT2D eigenvalue weighted by Crippen LogP contribution is 2.41. The number of carboxylic acid groups (broad SMARTS) is 1. The van der Waals surface area contributed by atoms with Gasteiger partial charge in [-0.25, -0.2) is 18.1 Å². The third-order valence-electron chi connectivity index (χ3n) is 5.81. The predicted molar refractivity (Wildman–Crippen MR) is 119 cm³/mol. The van der Waals surface area contributed by atoms with Crippen LogP contribution in [0.2, 0.25) is 0 Å². The van der Waals surface area contributed by atoms with E-state index in [0.29, 0.717) is 5.56 Å². The monoisotopic (exact) mass is 450 g/mol. The molecule has 0 saturated carbocycles. The van der Waals surface area contributed by atoms with Crippen molar-refractivity contribution in [3.63, 3.8) is 0 Å². The number of imide groups is 1. The molecular formula is C24H22N2O5S. The van der Waals surface area contributed by atoms with E-state index in [-0.39, 0.29) is 29.7 Å². The molecule has 164 valence electrons. The van der Waals surface area contributed by atoms with Gasteiger partial charge in [0.2, 0.25) is 5.91 Å². The number of likely N-dealkylation sites (tertiary alicyclic amines) is 1. The van der Waals surface area contributed by atoms with Gasteiger partial charge < -0.3 is 5.11 Å². The molecule has 7 nitrogen and oxygen atoms in total. The van der Waals surface area contributed by atoms with Crippen LogP contribution in [0, 0.1) is 0 Å². The van der Waals surface area contributed by atoms with E-state index in [0.717, 1.165) is 27.8 Å². The summed E-state index contributed by atoms with van der Waals surface area (Å²) in [6.45, 7) is 0.0544. The predicted octanol–water partition coefficient (Wildman–Crippen LogP) is 3.93. The molecule has 1 N–H and O–H groups in total. The molecule has 2 heterocycles. The molecule has 3 aromatic rings. The SMILES string of the molecule is CS(=O)(=O)c1cncc(-c2cccc([C@H]3CN(C(=O)O)C(=O)C[C@H]3c3ccccc3)c2)c1. The molecule has 0 spiro atoms. The molecule has 4 rings (SSSR count). The number of carbonyl (C=O) groups excluding carboxylic acids is 1. The fourth-order valence-electron chi connectivity index (χ4n) is 4.17. The standard InChI is InChI=1S/C24H22N2O5S/c1-32(30,31)20-11-19(13-25-14-20)17-8-5-9-18(10-17)22-15-26(24(28)29)23(27)12-21(22)16-6-3-2-4-7-16/h2-11,13-14,21-22H,12,15H2,1H3,(H,28,29)/t21-,22+/m0/s1. The number of benzene rings is 2. The van der Waals surface area contributed by atoms with Crippen LogP contribution in [0.5, 0.6) is 0 Å². The summed E-state index contributed by atoms with van der Waals surface area (Å²) in [6.07, 6.45) is 2.87. The number of hydrogen-bond acceptors (Lipinski definition) is 5. The van der Waals surface area contributed by atoms with Crippen molar-refractivity contribution in [2.75, 3.05) is 12.8 Å². The van der Waals surface area contributed by atoms with E-state index < -0.39 is 21.8 Å². The van der Waals surface area contributed by atoms with E-state index in [1.807, 2.05) is 54.6 Å². The highest BCUT2D eigenvalue weighted by Gasteiger charge is 2.38. The smallest absolute Gasteiger partial charge is 0.414 e. The minimum absolute atomic E-state index is 0.0544. The van der Waals surface area contributed by atoms with Gasteiger partial charge in [-0.2, -0.15) is 0 Å². The molecule has 2 atom stereocenters. The zero-order valence-electron chi connectivity index (χ0n) is 17.4. The molecular weight excluding hydrogens is 428 g/mol. The van der Waals surface area contributed by atoms with Gasteiger partial charge in [-0.05, 0) is 22.8 Å². The number of nitrogens with zero attached hydrogens (tertiary/aromatic N) is 2. The van der Waals surface area contributed by atoms with Crippen LogP contribution in [0.1, 0.15) is 29.4 Å². The first kappa shape index (κ1) is 21.7. The number of pyridine rings is 1. The molecule has 0 aliphatic carbocycles. The first-order chi connectivity index (χ1) is 15.2. The molecule has 0 radical (unpaired) electrons. The fourth-order valence-corrected chi connectivity index (χ4v) is 4.76. The first-order valence-electron chi connectivity index (χ1n) is 10.1. The Morgan fingerprint density at radius 1 is 0.969 bits per heavy atom. The Morgan fingerprint density at radius 3 is 2.38 bits per heavy atom. The van der Waals surface area contributed by atoms with Crippen LogP contribution >= 0.6 is 0 Å². The van der Waals surface area contributed by atoms with Crippen molar-refractivity contribution in [1.82, 2.24) is 9.88 Å². The Labute approximate surface area is 186 Å². The van der Waals surface area contributed by atoms with E-state index >= 15 is 0 Å². The average Bonchev–Trinajstić information content (AvgIpc) is 2.79. The van der Waals surface area contributed by atoms with E-state index in [9.17, 15) is 23.1 Å². The van der Waals surface area contributed by atoms with Crippen molar-refractivity contribution >= 4 is 21.8 Å². The zero-order valence-corrected chi connectivity index (χ0v) is 18.2. The van der Waals surface area contributed by atoms with Gasteiger partial charge in [-0.1, -0.05) is 54.6 Å². The van der Waals surface area contributed by atoms with Gasteiger partial charge in [0.15, 0.2) is 9.84 Å². The molecule has 1 saturated heterocycles. The Bertz CT molecular complexity index is 1270. The molecule has 32 heavy (non-hydrogen) atoms. The summed E-state index contributed by atoms with van der Waals surface area (Å²) in [7, 11) is -3.40. The van der Waals surface area contributed by atoms with Crippen LogP contribution in [0.15, 0.2) is 78.0 Å². The van der Waals surface area contributed by atoms with E-state index in [4.69, 9.17) is 0 Å². The molecule has 0 bridgehead atoms. The van der Waals surface area contributed by atoms with Crippen molar-refractivity contribution in [3.05, 3.63) is 84.2 Å². The molecule has 8 heteroatoms. The van der Waals surface area contributed by atoms with Crippen LogP contribution in [0.3, 0.4) is 0 Å². The van der Waals surface area contributed by atoms with Crippen LogP contribution in [0.25, 0.3) is 11.1 Å². The second kappa shape index (κ2) is 8.55. The number of hydrogen-bond donors (Lipinski definition) is 1. The maximum atomic E-state index is 12.5. The average molecular weight is 451 g/mol. The topological polar surface area (TPSA) is 105 Å². The minimum Gasteiger partial charge on any atom is -0.465 e. The summed E-state index contributed by atoms with van der Waals surface area (Å²) < 4.78 is 23.9. The van der Waals surface area contributed by atoms with Gasteiger partial charge in [0.1, 0.15) is 0 Å². The lowest BCUT2D eigenvalue weighted by Gasteiger charge is -2.36. The van der Waals surface area contributed by atoms with Crippen LogP contribution in [0.4, 0.5) is 4.79 Å². The molecule has 2 aromatic carbocycles. The van der Waals surface area contributed by atoms with Crippen molar-refractivity contribution < 1.29 is 23.1 Å². The number of rotatable bonds is 4. The van der Waals surface area contributed by atoms with Crippen molar-refractivity contribution in [2.45, 2.75) is 23.2 Å². The quantitative estimate of drug-likeness (QED) is 0.646.